The summed E-state index contributed by atoms with van der Waals surface area (Å²) in [7, 11) is 0. The van der Waals surface area contributed by atoms with E-state index in [2.05, 4.69) is 134 Å². The Morgan fingerprint density at radius 2 is 0.830 bits per heavy atom. The molecule has 0 spiro atoms. The summed E-state index contributed by atoms with van der Waals surface area (Å²) >= 11 is 0. The second-order valence-electron chi connectivity index (χ2n) is 15.0. The third-order valence-corrected chi connectivity index (χ3v) is 9.99. The molecular weight excluding hydrogens is 823 g/mol. The molecule has 0 bridgehead atoms. The number of aryl methyl sites for hydroxylation is 2. The summed E-state index contributed by atoms with van der Waals surface area (Å²) < 4.78 is 0. The first kappa shape index (κ1) is 37.7. The number of rotatable bonds is 12. The van der Waals surface area contributed by atoms with Gasteiger partial charge in [-0.05, 0) is 82.1 Å². The molecule has 3 heterocycles. The fourth-order valence-corrected chi connectivity index (χ4v) is 7.05. The topological polar surface area (TPSA) is 38.7 Å². The molecule has 0 aliphatic heterocycles. The van der Waals surface area contributed by atoms with Crippen LogP contribution >= 0.6 is 0 Å². The Bertz CT molecular complexity index is 2080. The van der Waals surface area contributed by atoms with Gasteiger partial charge in [-0.2, -0.15) is 0 Å². The van der Waals surface area contributed by atoms with Gasteiger partial charge in [-0.1, -0.05) is 88.7 Å². The molecule has 0 atom stereocenters. The Hall–Kier alpha value is -5.02. The number of nitrogens with zero attached hydrogens (tertiary/aromatic N) is 3. The molecule has 4 heteroatoms. The van der Waals surface area contributed by atoms with Crippen molar-refractivity contribution in [3.63, 3.8) is 0 Å². The normalized spacial score (nSPS) is 11.5. The van der Waals surface area contributed by atoms with Crippen LogP contribution < -0.4 is 0 Å². The molecule has 3 nitrogen and oxygen atoms in total. The van der Waals surface area contributed by atoms with Crippen LogP contribution in [0, 0.1) is 18.2 Å². The summed E-state index contributed by atoms with van der Waals surface area (Å²) in [5, 5.41) is 0. The predicted octanol–water partition coefficient (Wildman–Crippen LogP) is 11.1. The molecule has 7 aromatic rings. The molecule has 0 radical (unpaired) electrons. The van der Waals surface area contributed by atoms with E-state index in [1.54, 1.807) is 0 Å². The average molecular weight is 867 g/mol. The maximum absolute atomic E-state index is 4.51. The van der Waals surface area contributed by atoms with Gasteiger partial charge in [-0.3, -0.25) is 0 Å². The van der Waals surface area contributed by atoms with Crippen molar-refractivity contribution in [2.45, 2.75) is 64.2 Å². The van der Waals surface area contributed by atoms with E-state index < -0.39 is 0 Å². The molecular formula is C49H44IrN3. The van der Waals surface area contributed by atoms with Crippen molar-refractivity contribution < 1.29 is 20.1 Å². The fourth-order valence-electron chi connectivity index (χ4n) is 7.05. The minimum Gasteiger partial charge on any atom is -0.305 e. The fraction of sp³-hybridized carbons (Fsp3) is 0.204. The summed E-state index contributed by atoms with van der Waals surface area (Å²) in [5.74, 6) is 0. The summed E-state index contributed by atoms with van der Waals surface area (Å²) in [6.45, 7) is 9.35. The maximum Gasteiger partial charge on any atom is 3.00 e. The molecule has 0 saturated carbocycles. The summed E-state index contributed by atoms with van der Waals surface area (Å²) in [4.78, 5) is 13.5. The van der Waals surface area contributed by atoms with Crippen LogP contribution in [0.4, 0.5) is 0 Å². The van der Waals surface area contributed by atoms with Crippen LogP contribution in [-0.4, -0.2) is 15.0 Å². The van der Waals surface area contributed by atoms with E-state index in [0.29, 0.717) is 0 Å². The molecule has 0 N–H and O–H groups in total. The molecule has 3 aromatic heterocycles. The molecule has 264 valence electrons. The zero-order valence-electron chi connectivity index (χ0n) is 30.9. The van der Waals surface area contributed by atoms with Gasteiger partial charge >= 0.3 is 20.1 Å². The third kappa shape index (κ3) is 9.51. The van der Waals surface area contributed by atoms with E-state index in [0.717, 1.165) is 59.5 Å². The monoisotopic (exact) mass is 867 g/mol. The number of hydrogen-bond donors (Lipinski definition) is 0. The largest absolute Gasteiger partial charge is 3.00 e. The van der Waals surface area contributed by atoms with Crippen LogP contribution in [0.5, 0.6) is 0 Å². The molecule has 4 aromatic carbocycles. The second-order valence-corrected chi connectivity index (χ2v) is 15.0. The molecule has 0 aliphatic rings. The Balaban J connectivity index is 0.00000481. The number of pyridine rings is 3. The van der Waals surface area contributed by atoms with Crippen molar-refractivity contribution in [3.05, 3.63) is 198 Å². The smallest absolute Gasteiger partial charge is 0.305 e. The van der Waals surface area contributed by atoms with Gasteiger partial charge in [-0.25, -0.2) is 0 Å². The molecule has 0 fully saturated rings. The Morgan fingerprint density at radius 1 is 0.434 bits per heavy atom. The first-order chi connectivity index (χ1) is 25.2. The van der Waals surface area contributed by atoms with E-state index in [1.807, 2.05) is 73.2 Å². The minimum absolute atomic E-state index is 0. The van der Waals surface area contributed by atoms with Gasteiger partial charge in [0.25, 0.3) is 0 Å². The predicted molar refractivity (Wildman–Crippen MR) is 213 cm³/mol. The van der Waals surface area contributed by atoms with Gasteiger partial charge in [0.05, 0.1) is 0 Å². The van der Waals surface area contributed by atoms with Crippen molar-refractivity contribution in [1.82, 2.24) is 15.0 Å². The summed E-state index contributed by atoms with van der Waals surface area (Å²) in [6.07, 6.45) is 9.24. The van der Waals surface area contributed by atoms with E-state index in [9.17, 15) is 0 Å². The molecule has 53 heavy (non-hydrogen) atoms. The van der Waals surface area contributed by atoms with Crippen LogP contribution in [0.3, 0.4) is 0 Å². The first-order valence-electron chi connectivity index (χ1n) is 18.1. The van der Waals surface area contributed by atoms with E-state index in [-0.39, 0.29) is 30.9 Å². The van der Waals surface area contributed by atoms with Crippen LogP contribution in [0.2, 0.25) is 0 Å². The summed E-state index contributed by atoms with van der Waals surface area (Å²) in [6, 6.07) is 55.3. The van der Waals surface area contributed by atoms with Crippen molar-refractivity contribution in [2.75, 3.05) is 0 Å². The van der Waals surface area contributed by atoms with Crippen molar-refractivity contribution in [2.24, 2.45) is 0 Å². The van der Waals surface area contributed by atoms with Crippen LogP contribution in [0.15, 0.2) is 146 Å². The Kier molecular flexibility index (Phi) is 11.9. The van der Waals surface area contributed by atoms with Gasteiger partial charge in [0, 0.05) is 18.6 Å². The minimum atomic E-state index is -0.0862. The van der Waals surface area contributed by atoms with E-state index in [4.69, 9.17) is 0 Å². The number of hydrogen-bond acceptors (Lipinski definition) is 3. The van der Waals surface area contributed by atoms with E-state index in [1.165, 1.54) is 33.4 Å². The quantitative estimate of drug-likeness (QED) is 0.115. The van der Waals surface area contributed by atoms with Crippen LogP contribution in [0.1, 0.15) is 61.1 Å². The molecule has 7 rings (SSSR count). The van der Waals surface area contributed by atoms with Gasteiger partial charge in [-0.15, -0.1) is 106 Å². The first-order valence-corrected chi connectivity index (χ1v) is 18.1. The van der Waals surface area contributed by atoms with Gasteiger partial charge in [0.1, 0.15) is 0 Å². The number of benzene rings is 4. The van der Waals surface area contributed by atoms with Crippen molar-refractivity contribution >= 4 is 0 Å². The zero-order valence-corrected chi connectivity index (χ0v) is 33.3. The zero-order chi connectivity index (χ0) is 36.0. The molecule has 0 unspecified atom stereocenters. The summed E-state index contributed by atoms with van der Waals surface area (Å²) in [5.41, 5.74) is 13.6. The van der Waals surface area contributed by atoms with Crippen molar-refractivity contribution in [1.29, 1.82) is 0 Å². The van der Waals surface area contributed by atoms with Crippen molar-refractivity contribution in [3.8, 4) is 33.8 Å². The van der Waals surface area contributed by atoms with Crippen LogP contribution in [-0.2, 0) is 56.6 Å². The van der Waals surface area contributed by atoms with Gasteiger partial charge in [0.2, 0.25) is 0 Å². The standard InChI is InChI=1S/C49H44N3.Ir/c1-48(2,43-24-20-41(21-25-43)46-12-6-9-29-51-46)34-38-31-37(15-14-36-16-18-40(19-17-36)45-11-5-8-28-50-45)32-39(33-38)35-49(3,4)44-26-22-42(23-27-44)47-13-7-10-30-52-47;/h5-13,16-18,20,22,24-33H,14-15,34-35H2,1-4H3;/q-3;+3. The van der Waals surface area contributed by atoms with Crippen LogP contribution in [0.25, 0.3) is 33.8 Å². The molecule has 0 saturated heterocycles. The van der Waals surface area contributed by atoms with Gasteiger partial charge in [0.15, 0.2) is 0 Å². The average Bonchev–Trinajstić information content (AvgIpc) is 3.18. The maximum atomic E-state index is 4.51. The van der Waals surface area contributed by atoms with Gasteiger partial charge < -0.3 is 15.0 Å². The van der Waals surface area contributed by atoms with E-state index >= 15 is 0 Å². The second kappa shape index (κ2) is 16.8. The SMILES string of the molecule is CC(C)(Cc1cc(CCc2c[c-]c(-c3ccccn3)cc2)cc(CC(C)(C)c2c[c-]c(-c3ccccn3)cc2)c1)c1c[c-]c(-c2ccccn2)cc1.[Ir+3]. The number of aromatic nitrogens is 3. The Morgan fingerprint density at radius 3 is 1.19 bits per heavy atom. The third-order valence-electron chi connectivity index (χ3n) is 9.99. The molecule has 0 aliphatic carbocycles. The molecule has 0 amide bonds. The Labute approximate surface area is 329 Å².